The molecule has 34 heavy (non-hydrogen) atoms. The van der Waals surface area contributed by atoms with Gasteiger partial charge >= 0.3 is 0 Å². The first kappa shape index (κ1) is 21.8. The Kier molecular flexibility index (Phi) is 6.09. The number of anilines is 2. The van der Waals surface area contributed by atoms with E-state index >= 15 is 0 Å². The van der Waals surface area contributed by atoms with E-state index in [-0.39, 0.29) is 18.4 Å². The molecule has 0 fully saturated rings. The highest BCUT2D eigenvalue weighted by Crippen LogP contribution is 2.33. The van der Waals surface area contributed by atoms with Gasteiger partial charge in [0, 0.05) is 18.0 Å². The molecular formula is C25H22N6O2S. The minimum Gasteiger partial charge on any atom is -0.323 e. The number of hydrogen-bond acceptors (Lipinski definition) is 6. The van der Waals surface area contributed by atoms with Crippen molar-refractivity contribution in [1.82, 2.24) is 19.7 Å². The van der Waals surface area contributed by atoms with Crippen LogP contribution in [0.5, 0.6) is 0 Å². The molecule has 0 radical (unpaired) electrons. The van der Waals surface area contributed by atoms with Crippen molar-refractivity contribution in [2.24, 2.45) is 0 Å². The Morgan fingerprint density at radius 2 is 1.85 bits per heavy atom. The highest BCUT2D eigenvalue weighted by Gasteiger charge is 2.31. The standard InChI is InChI=1S/C25H22N6O2S/c1-17(24(33)30-16-22(32)27-20-11-5-6-12-21(20)30)34-25-29-28-23(19-10-7-13-26-14-19)31(25)15-18-8-3-2-4-9-18/h2-14,17H,15-16H2,1H3,(H,27,32). The quantitative estimate of drug-likeness (QED) is 0.430. The van der Waals surface area contributed by atoms with Crippen LogP contribution in [0, 0.1) is 0 Å². The normalized spacial score (nSPS) is 13.8. The summed E-state index contributed by atoms with van der Waals surface area (Å²) in [6, 6.07) is 21.1. The Morgan fingerprint density at radius 3 is 2.65 bits per heavy atom. The lowest BCUT2D eigenvalue weighted by atomic mass is 10.2. The van der Waals surface area contributed by atoms with Gasteiger partial charge in [-0.15, -0.1) is 10.2 Å². The molecule has 170 valence electrons. The molecule has 1 atom stereocenters. The van der Waals surface area contributed by atoms with E-state index < -0.39 is 5.25 Å². The number of fused-ring (bicyclic) bond motifs is 1. The van der Waals surface area contributed by atoms with Gasteiger partial charge in [-0.05, 0) is 36.8 Å². The SMILES string of the molecule is CC(Sc1nnc(-c2cccnc2)n1Cc1ccccc1)C(=O)N1CC(=O)Nc2ccccc21. The van der Waals surface area contributed by atoms with Gasteiger partial charge in [0.25, 0.3) is 0 Å². The number of aromatic nitrogens is 4. The Morgan fingerprint density at radius 1 is 1.06 bits per heavy atom. The summed E-state index contributed by atoms with van der Waals surface area (Å²) >= 11 is 1.33. The Hall–Kier alpha value is -3.98. The minimum absolute atomic E-state index is 0.0155. The number of thioether (sulfide) groups is 1. The molecule has 0 saturated heterocycles. The molecule has 0 spiro atoms. The van der Waals surface area contributed by atoms with Crippen LogP contribution < -0.4 is 10.2 Å². The third-order valence-electron chi connectivity index (χ3n) is 5.49. The third-order valence-corrected chi connectivity index (χ3v) is 6.55. The van der Waals surface area contributed by atoms with Crippen LogP contribution in [-0.2, 0) is 16.1 Å². The summed E-state index contributed by atoms with van der Waals surface area (Å²) < 4.78 is 2.00. The van der Waals surface area contributed by atoms with Gasteiger partial charge in [0.15, 0.2) is 11.0 Å². The molecule has 3 heterocycles. The van der Waals surface area contributed by atoms with E-state index in [2.05, 4.69) is 20.5 Å². The molecule has 2 amide bonds. The maximum Gasteiger partial charge on any atom is 0.244 e. The molecule has 1 aliphatic heterocycles. The number of benzene rings is 2. The summed E-state index contributed by atoms with van der Waals surface area (Å²) in [4.78, 5) is 31.4. The highest BCUT2D eigenvalue weighted by atomic mass is 32.2. The summed E-state index contributed by atoms with van der Waals surface area (Å²) in [5.41, 5.74) is 3.27. The number of carbonyl (C=O) groups excluding carboxylic acids is 2. The number of hydrogen-bond donors (Lipinski definition) is 1. The number of para-hydroxylation sites is 2. The summed E-state index contributed by atoms with van der Waals surface area (Å²) in [6.07, 6.45) is 3.46. The number of rotatable bonds is 6. The molecule has 1 aliphatic rings. The third kappa shape index (κ3) is 4.42. The van der Waals surface area contributed by atoms with Gasteiger partial charge in [-0.1, -0.05) is 54.2 Å². The van der Waals surface area contributed by atoms with Crippen LogP contribution in [-0.4, -0.2) is 43.4 Å². The molecule has 8 nitrogen and oxygen atoms in total. The topological polar surface area (TPSA) is 93.0 Å². The van der Waals surface area contributed by atoms with Gasteiger partial charge in [0.1, 0.15) is 6.54 Å². The lowest BCUT2D eigenvalue weighted by molar-refractivity contribution is -0.121. The van der Waals surface area contributed by atoms with Crippen molar-refractivity contribution in [3.8, 4) is 11.4 Å². The fraction of sp³-hybridized carbons (Fsp3) is 0.160. The predicted octanol–water partition coefficient (Wildman–Crippen LogP) is 3.85. The van der Waals surface area contributed by atoms with Gasteiger partial charge in [-0.2, -0.15) is 0 Å². The molecular weight excluding hydrogens is 448 g/mol. The zero-order valence-corrected chi connectivity index (χ0v) is 19.3. The van der Waals surface area contributed by atoms with Crippen LogP contribution in [0.3, 0.4) is 0 Å². The molecule has 1 unspecified atom stereocenters. The molecule has 5 rings (SSSR count). The van der Waals surface area contributed by atoms with Crippen molar-refractivity contribution in [2.75, 3.05) is 16.8 Å². The van der Waals surface area contributed by atoms with Crippen molar-refractivity contribution in [2.45, 2.75) is 23.9 Å². The summed E-state index contributed by atoms with van der Waals surface area (Å²) in [5.74, 6) is 0.307. The predicted molar refractivity (Wildman–Crippen MR) is 132 cm³/mol. The largest absolute Gasteiger partial charge is 0.323 e. The van der Waals surface area contributed by atoms with Crippen LogP contribution in [0.2, 0.25) is 0 Å². The van der Waals surface area contributed by atoms with E-state index in [1.165, 1.54) is 16.7 Å². The molecule has 0 bridgehead atoms. The van der Waals surface area contributed by atoms with Crippen molar-refractivity contribution in [3.05, 3.63) is 84.7 Å². The van der Waals surface area contributed by atoms with Crippen LogP contribution in [0.1, 0.15) is 12.5 Å². The minimum atomic E-state index is -0.487. The molecule has 4 aromatic rings. The van der Waals surface area contributed by atoms with Crippen LogP contribution in [0.4, 0.5) is 11.4 Å². The van der Waals surface area contributed by atoms with E-state index in [1.807, 2.05) is 72.2 Å². The van der Waals surface area contributed by atoms with Gasteiger partial charge in [-0.25, -0.2) is 0 Å². The number of amides is 2. The maximum absolute atomic E-state index is 13.4. The summed E-state index contributed by atoms with van der Waals surface area (Å²) in [5, 5.41) is 11.8. The van der Waals surface area contributed by atoms with E-state index in [0.29, 0.717) is 28.9 Å². The van der Waals surface area contributed by atoms with Crippen molar-refractivity contribution in [3.63, 3.8) is 0 Å². The van der Waals surface area contributed by atoms with Gasteiger partial charge in [0.2, 0.25) is 11.8 Å². The monoisotopic (exact) mass is 470 g/mol. The van der Waals surface area contributed by atoms with Crippen molar-refractivity contribution >= 4 is 35.0 Å². The number of carbonyl (C=O) groups is 2. The fourth-order valence-electron chi connectivity index (χ4n) is 3.85. The average molecular weight is 471 g/mol. The van der Waals surface area contributed by atoms with Crippen molar-refractivity contribution < 1.29 is 9.59 Å². The van der Waals surface area contributed by atoms with Gasteiger partial charge < -0.3 is 5.32 Å². The first-order valence-electron chi connectivity index (χ1n) is 10.8. The smallest absolute Gasteiger partial charge is 0.244 e. The Balaban J connectivity index is 1.44. The van der Waals surface area contributed by atoms with Crippen LogP contribution >= 0.6 is 11.8 Å². The second-order valence-corrected chi connectivity index (χ2v) is 9.18. The van der Waals surface area contributed by atoms with Crippen LogP contribution in [0.15, 0.2) is 84.3 Å². The molecule has 1 N–H and O–H groups in total. The summed E-state index contributed by atoms with van der Waals surface area (Å²) in [7, 11) is 0. The highest BCUT2D eigenvalue weighted by molar-refractivity contribution is 8.00. The zero-order chi connectivity index (χ0) is 23.5. The Bertz CT molecular complexity index is 1330. The second kappa shape index (κ2) is 9.48. The van der Waals surface area contributed by atoms with Crippen LogP contribution in [0.25, 0.3) is 11.4 Å². The number of pyridine rings is 1. The first-order valence-corrected chi connectivity index (χ1v) is 11.7. The fourth-order valence-corrected chi connectivity index (χ4v) is 4.76. The van der Waals surface area contributed by atoms with Gasteiger partial charge in [0.05, 0.1) is 23.2 Å². The van der Waals surface area contributed by atoms with E-state index in [0.717, 1.165) is 11.1 Å². The van der Waals surface area contributed by atoms with E-state index in [9.17, 15) is 9.59 Å². The lowest BCUT2D eigenvalue weighted by Gasteiger charge is -2.30. The number of nitrogens with zero attached hydrogens (tertiary/aromatic N) is 5. The lowest BCUT2D eigenvalue weighted by Crippen LogP contribution is -2.45. The van der Waals surface area contributed by atoms with Crippen molar-refractivity contribution in [1.29, 1.82) is 0 Å². The van der Waals surface area contributed by atoms with E-state index in [1.54, 1.807) is 18.5 Å². The van der Waals surface area contributed by atoms with Gasteiger partial charge in [-0.3, -0.25) is 24.0 Å². The number of nitrogens with one attached hydrogen (secondary N) is 1. The Labute approximate surface area is 201 Å². The summed E-state index contributed by atoms with van der Waals surface area (Å²) in [6.45, 7) is 2.36. The van der Waals surface area contributed by atoms with E-state index in [4.69, 9.17) is 0 Å². The molecule has 9 heteroatoms. The first-order chi connectivity index (χ1) is 16.6. The molecule has 0 saturated carbocycles. The molecule has 2 aromatic heterocycles. The second-order valence-electron chi connectivity index (χ2n) is 7.87. The maximum atomic E-state index is 13.4. The zero-order valence-electron chi connectivity index (χ0n) is 18.5. The molecule has 2 aromatic carbocycles. The average Bonchev–Trinajstić information content (AvgIpc) is 3.26. The molecule has 0 aliphatic carbocycles.